The lowest BCUT2D eigenvalue weighted by Gasteiger charge is -2.09. The molecule has 1 N–H and O–H groups in total. The van der Waals surface area contributed by atoms with Crippen LogP contribution in [-0.2, 0) is 9.59 Å². The van der Waals surface area contributed by atoms with Crippen LogP contribution in [0, 0.1) is 0 Å². The van der Waals surface area contributed by atoms with Gasteiger partial charge in [0.25, 0.3) is 5.78 Å². The zero-order chi connectivity index (χ0) is 11.5. The normalized spacial score (nSPS) is 19.2. The molecule has 1 aromatic carbocycles. The van der Waals surface area contributed by atoms with Gasteiger partial charge in [-0.25, -0.2) is 4.79 Å². The van der Waals surface area contributed by atoms with E-state index < -0.39 is 11.8 Å². The van der Waals surface area contributed by atoms with Crippen molar-refractivity contribution in [2.45, 2.75) is 18.8 Å². The topological polar surface area (TPSA) is 54.4 Å². The molecule has 0 heterocycles. The molecule has 0 spiro atoms. The third-order valence-electron chi connectivity index (χ3n) is 2.87. The number of carbonyl (C=O) groups is 2. The fourth-order valence-corrected chi connectivity index (χ4v) is 2.02. The van der Waals surface area contributed by atoms with Crippen molar-refractivity contribution < 1.29 is 14.7 Å². The summed E-state index contributed by atoms with van der Waals surface area (Å²) in [6.45, 7) is 0. The van der Waals surface area contributed by atoms with E-state index in [1.54, 1.807) is 6.08 Å². The van der Waals surface area contributed by atoms with Gasteiger partial charge in [0.05, 0.1) is 0 Å². The van der Waals surface area contributed by atoms with Gasteiger partial charge in [0.1, 0.15) is 0 Å². The number of carboxylic acid groups (broad SMARTS) is 1. The summed E-state index contributed by atoms with van der Waals surface area (Å²) in [6, 6.07) is 9.85. The van der Waals surface area contributed by atoms with E-state index in [0.29, 0.717) is 12.0 Å². The van der Waals surface area contributed by atoms with Crippen molar-refractivity contribution >= 4 is 11.8 Å². The molecule has 1 atom stereocenters. The Morgan fingerprint density at radius 2 is 1.88 bits per heavy atom. The minimum atomic E-state index is -1.36. The summed E-state index contributed by atoms with van der Waals surface area (Å²) in [6.07, 6.45) is 3.03. The first-order valence-electron chi connectivity index (χ1n) is 5.20. The van der Waals surface area contributed by atoms with Gasteiger partial charge in [0, 0.05) is 5.57 Å². The van der Waals surface area contributed by atoms with Crippen molar-refractivity contribution in [2.24, 2.45) is 0 Å². The molecule has 0 amide bonds. The Bertz CT molecular complexity index is 446. The van der Waals surface area contributed by atoms with E-state index in [9.17, 15) is 9.59 Å². The fourth-order valence-electron chi connectivity index (χ4n) is 2.02. The summed E-state index contributed by atoms with van der Waals surface area (Å²) < 4.78 is 0. The molecule has 3 nitrogen and oxygen atoms in total. The molecule has 0 fully saturated rings. The number of aliphatic carboxylic acids is 1. The maximum Gasteiger partial charge on any atom is 0.376 e. The Morgan fingerprint density at radius 3 is 2.50 bits per heavy atom. The molecular formula is C13H12O3. The lowest BCUT2D eigenvalue weighted by molar-refractivity contribution is -0.147. The van der Waals surface area contributed by atoms with Gasteiger partial charge in [-0.15, -0.1) is 0 Å². The highest BCUT2D eigenvalue weighted by Crippen LogP contribution is 2.33. The third-order valence-corrected chi connectivity index (χ3v) is 2.87. The highest BCUT2D eigenvalue weighted by Gasteiger charge is 2.26. The Balaban J connectivity index is 2.08. The van der Waals surface area contributed by atoms with E-state index >= 15 is 0 Å². The summed E-state index contributed by atoms with van der Waals surface area (Å²) in [5.74, 6) is -1.88. The number of allylic oxidation sites excluding steroid dienone is 1. The molecule has 2 rings (SSSR count). The van der Waals surface area contributed by atoms with Crippen LogP contribution in [-0.4, -0.2) is 16.9 Å². The van der Waals surface area contributed by atoms with Crippen molar-refractivity contribution in [3.63, 3.8) is 0 Å². The van der Waals surface area contributed by atoms with Gasteiger partial charge in [-0.05, 0) is 24.3 Å². The maximum atomic E-state index is 11.3. The van der Waals surface area contributed by atoms with Crippen molar-refractivity contribution in [3.05, 3.63) is 47.5 Å². The van der Waals surface area contributed by atoms with Crippen LogP contribution in [0.5, 0.6) is 0 Å². The SMILES string of the molecule is O=C(O)C(=O)C1=CCC(c2ccccc2)C1. The van der Waals surface area contributed by atoms with Gasteiger partial charge in [-0.2, -0.15) is 0 Å². The van der Waals surface area contributed by atoms with Crippen LogP contribution in [0.2, 0.25) is 0 Å². The summed E-state index contributed by atoms with van der Waals surface area (Å²) >= 11 is 0. The van der Waals surface area contributed by atoms with Gasteiger partial charge in [0.2, 0.25) is 0 Å². The number of ketones is 1. The van der Waals surface area contributed by atoms with Gasteiger partial charge >= 0.3 is 5.97 Å². The van der Waals surface area contributed by atoms with Crippen molar-refractivity contribution in [1.29, 1.82) is 0 Å². The molecule has 3 heteroatoms. The zero-order valence-corrected chi connectivity index (χ0v) is 8.72. The van der Waals surface area contributed by atoms with Crippen molar-refractivity contribution in [3.8, 4) is 0 Å². The number of benzene rings is 1. The molecule has 0 radical (unpaired) electrons. The van der Waals surface area contributed by atoms with Gasteiger partial charge in [-0.1, -0.05) is 36.4 Å². The third kappa shape index (κ3) is 2.03. The fraction of sp³-hybridized carbons (Fsp3) is 0.231. The van der Waals surface area contributed by atoms with Gasteiger partial charge < -0.3 is 5.11 Å². The van der Waals surface area contributed by atoms with E-state index in [1.165, 1.54) is 0 Å². The number of hydrogen-bond donors (Lipinski definition) is 1. The second-order valence-electron chi connectivity index (χ2n) is 3.91. The summed E-state index contributed by atoms with van der Waals surface area (Å²) in [7, 11) is 0. The Labute approximate surface area is 93.4 Å². The Kier molecular flexibility index (Phi) is 2.86. The summed E-state index contributed by atoms with van der Waals surface area (Å²) in [4.78, 5) is 21.8. The average Bonchev–Trinajstić information content (AvgIpc) is 2.78. The first-order valence-corrected chi connectivity index (χ1v) is 5.20. The summed E-state index contributed by atoms with van der Waals surface area (Å²) in [5.41, 5.74) is 1.59. The lowest BCUT2D eigenvalue weighted by atomic mass is 9.95. The van der Waals surface area contributed by atoms with E-state index in [0.717, 1.165) is 12.0 Å². The van der Waals surface area contributed by atoms with E-state index in [1.807, 2.05) is 30.3 Å². The molecule has 0 bridgehead atoms. The number of carboxylic acids is 1. The first-order chi connectivity index (χ1) is 7.68. The average molecular weight is 216 g/mol. The van der Waals surface area contributed by atoms with Crippen LogP contribution in [0.1, 0.15) is 24.3 Å². The van der Waals surface area contributed by atoms with Crippen LogP contribution in [0.15, 0.2) is 42.0 Å². The second kappa shape index (κ2) is 4.31. The molecule has 1 aliphatic rings. The van der Waals surface area contributed by atoms with Crippen LogP contribution >= 0.6 is 0 Å². The van der Waals surface area contributed by atoms with Crippen LogP contribution in [0.25, 0.3) is 0 Å². The Morgan fingerprint density at radius 1 is 1.19 bits per heavy atom. The first kappa shape index (κ1) is 10.6. The maximum absolute atomic E-state index is 11.3. The van der Waals surface area contributed by atoms with E-state index in [-0.39, 0.29) is 5.92 Å². The van der Waals surface area contributed by atoms with Crippen molar-refractivity contribution in [2.75, 3.05) is 0 Å². The van der Waals surface area contributed by atoms with Crippen LogP contribution < -0.4 is 0 Å². The molecular weight excluding hydrogens is 204 g/mol. The van der Waals surface area contributed by atoms with Crippen molar-refractivity contribution in [1.82, 2.24) is 0 Å². The Hall–Kier alpha value is -1.90. The minimum Gasteiger partial charge on any atom is -0.475 e. The molecule has 0 aromatic heterocycles. The smallest absolute Gasteiger partial charge is 0.376 e. The monoisotopic (exact) mass is 216 g/mol. The van der Waals surface area contributed by atoms with E-state index in [2.05, 4.69) is 0 Å². The number of carbonyl (C=O) groups excluding carboxylic acids is 1. The van der Waals surface area contributed by atoms with Gasteiger partial charge in [-0.3, -0.25) is 4.79 Å². The van der Waals surface area contributed by atoms with Gasteiger partial charge in [0.15, 0.2) is 0 Å². The lowest BCUT2D eigenvalue weighted by Crippen LogP contribution is -2.14. The number of rotatable bonds is 3. The largest absolute Gasteiger partial charge is 0.475 e. The molecule has 0 aliphatic heterocycles. The van der Waals surface area contributed by atoms with E-state index in [4.69, 9.17) is 5.11 Å². The second-order valence-corrected chi connectivity index (χ2v) is 3.91. The zero-order valence-electron chi connectivity index (χ0n) is 8.72. The molecule has 82 valence electrons. The number of hydrogen-bond acceptors (Lipinski definition) is 2. The molecule has 1 aliphatic carbocycles. The molecule has 0 saturated carbocycles. The molecule has 1 aromatic rings. The minimum absolute atomic E-state index is 0.250. The van der Waals surface area contributed by atoms with Crippen LogP contribution in [0.3, 0.4) is 0 Å². The predicted molar refractivity (Wildman–Crippen MR) is 59.1 cm³/mol. The predicted octanol–water partition coefficient (Wildman–Crippen LogP) is 2.14. The highest BCUT2D eigenvalue weighted by atomic mass is 16.4. The van der Waals surface area contributed by atoms with Crippen LogP contribution in [0.4, 0.5) is 0 Å². The molecule has 1 unspecified atom stereocenters. The molecule has 16 heavy (non-hydrogen) atoms. The molecule has 0 saturated heterocycles. The number of Topliss-reactive ketones (excluding diaryl/α,β-unsaturated/α-hetero) is 1. The standard InChI is InChI=1S/C13H12O3/c14-12(13(15)16)11-7-6-10(8-11)9-4-2-1-3-5-9/h1-5,7,10H,6,8H2,(H,15,16). The quantitative estimate of drug-likeness (QED) is 0.787. The summed E-state index contributed by atoms with van der Waals surface area (Å²) in [5, 5.41) is 8.61. The highest BCUT2D eigenvalue weighted by molar-refractivity contribution is 6.39.